The Balaban J connectivity index is 1.84. The van der Waals surface area contributed by atoms with E-state index in [1.165, 1.54) is 0 Å². The largest absolute Gasteiger partial charge is 0.353 e. The van der Waals surface area contributed by atoms with Crippen LogP contribution < -0.4 is 5.32 Å². The van der Waals surface area contributed by atoms with Crippen molar-refractivity contribution in [2.45, 2.75) is 26.8 Å². The number of hydrogen-bond acceptors (Lipinski definition) is 4. The number of nitrogens with zero attached hydrogens (tertiary/aromatic N) is 3. The van der Waals surface area contributed by atoms with Crippen LogP contribution in [-0.4, -0.2) is 65.4 Å². The van der Waals surface area contributed by atoms with Gasteiger partial charge in [0.05, 0.1) is 6.54 Å². The Labute approximate surface area is 131 Å². The number of pyridine rings is 1. The lowest BCUT2D eigenvalue weighted by atomic mass is 10.2. The standard InChI is InChI=1S/C16H24N4O2/c1-12(2)17-15(21)11-19-7-9-20(10-8-19)16(22)14-6-4-5-13(3)18-14/h4-6,12H,7-11H2,1-3H3,(H,17,21). The van der Waals surface area contributed by atoms with Crippen LogP contribution in [0.3, 0.4) is 0 Å². The molecule has 2 heterocycles. The molecule has 0 aliphatic carbocycles. The van der Waals surface area contributed by atoms with Gasteiger partial charge in [0.2, 0.25) is 5.91 Å². The Kier molecular flexibility index (Phi) is 5.49. The van der Waals surface area contributed by atoms with E-state index in [1.807, 2.05) is 32.9 Å². The molecule has 2 amide bonds. The van der Waals surface area contributed by atoms with Crippen LogP contribution >= 0.6 is 0 Å². The smallest absolute Gasteiger partial charge is 0.272 e. The second kappa shape index (κ2) is 7.35. The normalized spacial score (nSPS) is 15.9. The Morgan fingerprint density at radius 2 is 1.91 bits per heavy atom. The van der Waals surface area contributed by atoms with E-state index in [1.54, 1.807) is 11.0 Å². The third-order valence-electron chi connectivity index (χ3n) is 3.58. The minimum absolute atomic E-state index is 0.0324. The number of amides is 2. The number of aryl methyl sites for hydroxylation is 1. The molecule has 0 saturated carbocycles. The highest BCUT2D eigenvalue weighted by atomic mass is 16.2. The predicted octanol–water partition coefficient (Wildman–Crippen LogP) is 0.672. The third-order valence-corrected chi connectivity index (χ3v) is 3.58. The number of nitrogens with one attached hydrogen (secondary N) is 1. The highest BCUT2D eigenvalue weighted by Gasteiger charge is 2.24. The zero-order chi connectivity index (χ0) is 16.1. The molecule has 0 unspecified atom stereocenters. The van der Waals surface area contributed by atoms with E-state index in [4.69, 9.17) is 0 Å². The first kappa shape index (κ1) is 16.4. The van der Waals surface area contributed by atoms with E-state index in [0.29, 0.717) is 38.4 Å². The van der Waals surface area contributed by atoms with Crippen molar-refractivity contribution in [2.75, 3.05) is 32.7 Å². The second-order valence-electron chi connectivity index (χ2n) is 5.95. The average molecular weight is 304 g/mol. The average Bonchev–Trinajstić information content (AvgIpc) is 2.46. The maximum absolute atomic E-state index is 12.4. The van der Waals surface area contributed by atoms with E-state index >= 15 is 0 Å². The van der Waals surface area contributed by atoms with Gasteiger partial charge < -0.3 is 10.2 Å². The summed E-state index contributed by atoms with van der Waals surface area (Å²) in [7, 11) is 0. The Morgan fingerprint density at radius 1 is 1.23 bits per heavy atom. The van der Waals surface area contributed by atoms with Gasteiger partial charge in [0.1, 0.15) is 5.69 Å². The zero-order valence-corrected chi connectivity index (χ0v) is 13.5. The fourth-order valence-corrected chi connectivity index (χ4v) is 2.50. The van der Waals surface area contributed by atoms with Crippen LogP contribution in [0.25, 0.3) is 0 Å². The first-order valence-electron chi connectivity index (χ1n) is 7.70. The van der Waals surface area contributed by atoms with Crippen LogP contribution in [0.4, 0.5) is 0 Å². The molecule has 1 N–H and O–H groups in total. The highest BCUT2D eigenvalue weighted by Crippen LogP contribution is 2.08. The first-order chi connectivity index (χ1) is 10.5. The van der Waals surface area contributed by atoms with Crippen LogP contribution in [0.1, 0.15) is 30.0 Å². The summed E-state index contributed by atoms with van der Waals surface area (Å²) in [5.41, 5.74) is 1.33. The quantitative estimate of drug-likeness (QED) is 0.888. The van der Waals surface area contributed by atoms with Crippen LogP contribution in [0.5, 0.6) is 0 Å². The molecule has 0 bridgehead atoms. The number of piperazine rings is 1. The summed E-state index contributed by atoms with van der Waals surface area (Å²) in [6.45, 7) is 8.84. The van der Waals surface area contributed by atoms with Crippen LogP contribution in [0.15, 0.2) is 18.2 Å². The van der Waals surface area contributed by atoms with Gasteiger partial charge in [0, 0.05) is 37.9 Å². The van der Waals surface area contributed by atoms with E-state index in [0.717, 1.165) is 5.69 Å². The summed E-state index contributed by atoms with van der Waals surface area (Å²) in [6.07, 6.45) is 0. The van der Waals surface area contributed by atoms with E-state index in [-0.39, 0.29) is 17.9 Å². The van der Waals surface area contributed by atoms with E-state index in [9.17, 15) is 9.59 Å². The summed E-state index contributed by atoms with van der Waals surface area (Å²) in [6, 6.07) is 5.63. The molecule has 0 aromatic carbocycles. The lowest BCUT2D eigenvalue weighted by Gasteiger charge is -2.34. The molecule has 0 radical (unpaired) electrons. The van der Waals surface area contributed by atoms with Gasteiger partial charge in [0.15, 0.2) is 0 Å². The van der Waals surface area contributed by atoms with Gasteiger partial charge in [-0.05, 0) is 32.9 Å². The van der Waals surface area contributed by atoms with Crippen molar-refractivity contribution in [3.05, 3.63) is 29.6 Å². The molecule has 22 heavy (non-hydrogen) atoms. The predicted molar refractivity (Wildman–Crippen MR) is 84.6 cm³/mol. The lowest BCUT2D eigenvalue weighted by molar-refractivity contribution is -0.123. The first-order valence-corrected chi connectivity index (χ1v) is 7.70. The zero-order valence-electron chi connectivity index (χ0n) is 13.5. The molecule has 1 fully saturated rings. The van der Waals surface area contributed by atoms with Crippen molar-refractivity contribution in [3.63, 3.8) is 0 Å². The molecule has 6 heteroatoms. The highest BCUT2D eigenvalue weighted by molar-refractivity contribution is 5.92. The van der Waals surface area contributed by atoms with Crippen LogP contribution in [0, 0.1) is 6.92 Å². The molecule has 1 aromatic rings. The van der Waals surface area contributed by atoms with E-state index in [2.05, 4.69) is 15.2 Å². The van der Waals surface area contributed by atoms with Crippen molar-refractivity contribution >= 4 is 11.8 Å². The minimum atomic E-state index is -0.0324. The molecule has 0 spiro atoms. The maximum atomic E-state index is 12.4. The molecule has 6 nitrogen and oxygen atoms in total. The second-order valence-corrected chi connectivity index (χ2v) is 5.95. The van der Waals surface area contributed by atoms with Gasteiger partial charge >= 0.3 is 0 Å². The van der Waals surface area contributed by atoms with Gasteiger partial charge in [0.25, 0.3) is 5.91 Å². The van der Waals surface area contributed by atoms with Gasteiger partial charge in [-0.25, -0.2) is 4.98 Å². The van der Waals surface area contributed by atoms with Crippen LogP contribution in [-0.2, 0) is 4.79 Å². The monoisotopic (exact) mass is 304 g/mol. The van der Waals surface area contributed by atoms with Crippen molar-refractivity contribution in [3.8, 4) is 0 Å². The number of aromatic nitrogens is 1. The number of carbonyl (C=O) groups excluding carboxylic acids is 2. The molecule has 120 valence electrons. The van der Waals surface area contributed by atoms with Crippen LogP contribution in [0.2, 0.25) is 0 Å². The number of rotatable bonds is 4. The fourth-order valence-electron chi connectivity index (χ4n) is 2.50. The molecule has 1 aromatic heterocycles. The van der Waals surface area contributed by atoms with Gasteiger partial charge in [-0.15, -0.1) is 0 Å². The molecular weight excluding hydrogens is 280 g/mol. The fraction of sp³-hybridized carbons (Fsp3) is 0.562. The van der Waals surface area contributed by atoms with Crippen molar-refractivity contribution in [1.82, 2.24) is 20.1 Å². The van der Waals surface area contributed by atoms with Gasteiger partial charge in [-0.3, -0.25) is 14.5 Å². The topological polar surface area (TPSA) is 65.5 Å². The molecular formula is C16H24N4O2. The Bertz CT molecular complexity index is 537. The van der Waals surface area contributed by atoms with Gasteiger partial charge in [-0.2, -0.15) is 0 Å². The van der Waals surface area contributed by atoms with Crippen molar-refractivity contribution < 1.29 is 9.59 Å². The maximum Gasteiger partial charge on any atom is 0.272 e. The van der Waals surface area contributed by atoms with Crippen molar-refractivity contribution in [1.29, 1.82) is 0 Å². The van der Waals surface area contributed by atoms with Gasteiger partial charge in [-0.1, -0.05) is 6.07 Å². The number of hydrogen-bond donors (Lipinski definition) is 1. The Hall–Kier alpha value is -1.95. The third kappa shape index (κ3) is 4.53. The summed E-state index contributed by atoms with van der Waals surface area (Å²) in [5, 5.41) is 2.88. The summed E-state index contributed by atoms with van der Waals surface area (Å²) >= 11 is 0. The summed E-state index contributed by atoms with van der Waals surface area (Å²) in [5.74, 6) is 0.00473. The molecule has 1 aliphatic heterocycles. The SMILES string of the molecule is Cc1cccc(C(=O)N2CCN(CC(=O)NC(C)C)CC2)n1. The lowest BCUT2D eigenvalue weighted by Crippen LogP contribution is -2.51. The molecule has 1 saturated heterocycles. The number of carbonyl (C=O) groups is 2. The molecule has 2 rings (SSSR count). The molecule has 1 aliphatic rings. The molecule has 0 atom stereocenters. The van der Waals surface area contributed by atoms with Crippen molar-refractivity contribution in [2.24, 2.45) is 0 Å². The Morgan fingerprint density at radius 3 is 2.50 bits per heavy atom. The summed E-state index contributed by atoms with van der Waals surface area (Å²) in [4.78, 5) is 32.3. The van der Waals surface area contributed by atoms with E-state index < -0.39 is 0 Å². The summed E-state index contributed by atoms with van der Waals surface area (Å²) < 4.78 is 0. The minimum Gasteiger partial charge on any atom is -0.353 e.